The first-order valence-electron chi connectivity index (χ1n) is 10.5. The predicted octanol–water partition coefficient (Wildman–Crippen LogP) is -1.77. The smallest absolute Gasteiger partial charge is 0.309 e. The second-order valence-corrected chi connectivity index (χ2v) is 8.13. The summed E-state index contributed by atoms with van der Waals surface area (Å²) >= 11 is 0. The summed E-state index contributed by atoms with van der Waals surface area (Å²) in [6.45, 7) is 4.88. The van der Waals surface area contributed by atoms with Gasteiger partial charge in [0.2, 0.25) is 0 Å². The number of carbonyl (C=O) groups is 2. The lowest BCUT2D eigenvalue weighted by Crippen LogP contribution is -3.27. The lowest BCUT2D eigenvalue weighted by Gasteiger charge is -2.33. The molecule has 1 aromatic carbocycles. The zero-order valence-electron chi connectivity index (χ0n) is 18.0. The minimum absolute atomic E-state index is 0.108. The molecule has 1 aliphatic rings. The van der Waals surface area contributed by atoms with E-state index in [-0.39, 0.29) is 12.6 Å². The molecule has 30 heavy (non-hydrogen) atoms. The Kier molecular flexibility index (Phi) is 7.48. The van der Waals surface area contributed by atoms with E-state index in [4.69, 9.17) is 4.42 Å². The number of hydrogen-bond acceptors (Lipinski definition) is 4. The van der Waals surface area contributed by atoms with Crippen molar-refractivity contribution in [3.8, 4) is 0 Å². The average Bonchev–Trinajstić information content (AvgIpc) is 3.27. The van der Waals surface area contributed by atoms with Crippen LogP contribution in [0.3, 0.4) is 0 Å². The van der Waals surface area contributed by atoms with Crippen LogP contribution in [0.25, 0.3) is 0 Å². The number of anilines is 1. The SMILES string of the molecule is CN(C)c1ccc([C@@H](CNC(=O)C(=O)NCc2ccco2)[NH+]2CC[NH+](C)CC2)cc1. The molecule has 162 valence electrons. The molecule has 0 radical (unpaired) electrons. The molecule has 0 unspecified atom stereocenters. The highest BCUT2D eigenvalue weighted by Gasteiger charge is 2.30. The van der Waals surface area contributed by atoms with Gasteiger partial charge in [0.05, 0.1) is 26.4 Å². The Morgan fingerprint density at radius 2 is 1.70 bits per heavy atom. The van der Waals surface area contributed by atoms with Gasteiger partial charge in [0.1, 0.15) is 38.0 Å². The molecule has 2 heterocycles. The van der Waals surface area contributed by atoms with Crippen LogP contribution in [-0.2, 0) is 16.1 Å². The van der Waals surface area contributed by atoms with Crippen molar-refractivity contribution in [2.75, 3.05) is 58.8 Å². The largest absolute Gasteiger partial charge is 0.467 e. The summed E-state index contributed by atoms with van der Waals surface area (Å²) in [7, 11) is 6.24. The number of furan rings is 1. The maximum absolute atomic E-state index is 12.3. The van der Waals surface area contributed by atoms with E-state index in [0.717, 1.165) is 31.9 Å². The van der Waals surface area contributed by atoms with Gasteiger partial charge >= 0.3 is 11.8 Å². The molecular formula is C22H33N5O3+2. The van der Waals surface area contributed by atoms with Gasteiger partial charge in [-0.25, -0.2) is 0 Å². The van der Waals surface area contributed by atoms with E-state index in [1.807, 2.05) is 14.1 Å². The molecule has 1 fully saturated rings. The van der Waals surface area contributed by atoms with Crippen molar-refractivity contribution < 1.29 is 23.8 Å². The number of hydrogen-bond donors (Lipinski definition) is 4. The number of nitrogens with one attached hydrogen (secondary N) is 4. The Bertz CT molecular complexity index is 812. The third-order valence-electron chi connectivity index (χ3n) is 5.73. The zero-order chi connectivity index (χ0) is 21.5. The van der Waals surface area contributed by atoms with Crippen molar-refractivity contribution in [2.24, 2.45) is 0 Å². The van der Waals surface area contributed by atoms with Crippen LogP contribution in [0, 0.1) is 0 Å². The number of amides is 2. The molecule has 0 spiro atoms. The normalized spacial score (nSPS) is 19.7. The predicted molar refractivity (Wildman–Crippen MR) is 114 cm³/mol. The minimum atomic E-state index is -0.647. The highest BCUT2D eigenvalue weighted by molar-refractivity contribution is 6.35. The van der Waals surface area contributed by atoms with Gasteiger partial charge in [0.15, 0.2) is 0 Å². The van der Waals surface area contributed by atoms with Gasteiger partial charge in [0, 0.05) is 25.3 Å². The Balaban J connectivity index is 1.62. The van der Waals surface area contributed by atoms with Gasteiger partial charge in [-0.2, -0.15) is 0 Å². The molecular weight excluding hydrogens is 382 g/mol. The topological polar surface area (TPSA) is 83.5 Å². The third-order valence-corrected chi connectivity index (χ3v) is 5.73. The lowest BCUT2D eigenvalue weighted by molar-refractivity contribution is -1.02. The van der Waals surface area contributed by atoms with Crippen LogP contribution in [0.4, 0.5) is 5.69 Å². The van der Waals surface area contributed by atoms with Gasteiger partial charge in [-0.15, -0.1) is 0 Å². The Hall–Kier alpha value is -2.84. The summed E-state index contributed by atoms with van der Waals surface area (Å²) in [6.07, 6.45) is 1.54. The van der Waals surface area contributed by atoms with E-state index in [0.29, 0.717) is 12.3 Å². The molecule has 8 nitrogen and oxygen atoms in total. The summed E-state index contributed by atoms with van der Waals surface area (Å²) in [6, 6.07) is 12.1. The third kappa shape index (κ3) is 5.84. The summed E-state index contributed by atoms with van der Waals surface area (Å²) in [5.74, 6) is -0.652. The maximum atomic E-state index is 12.3. The number of carbonyl (C=O) groups excluding carboxylic acids is 2. The molecule has 2 amide bonds. The average molecular weight is 416 g/mol. The van der Waals surface area contributed by atoms with E-state index in [1.54, 1.807) is 12.1 Å². The van der Waals surface area contributed by atoms with Crippen molar-refractivity contribution in [3.63, 3.8) is 0 Å². The molecule has 0 aliphatic carbocycles. The fourth-order valence-corrected chi connectivity index (χ4v) is 3.78. The van der Waals surface area contributed by atoms with Gasteiger partial charge < -0.3 is 29.8 Å². The Labute approximate surface area is 177 Å². The molecule has 4 N–H and O–H groups in total. The van der Waals surface area contributed by atoms with Crippen LogP contribution in [0.15, 0.2) is 47.1 Å². The molecule has 0 bridgehead atoms. The second-order valence-electron chi connectivity index (χ2n) is 8.13. The fraction of sp³-hybridized carbons (Fsp3) is 0.455. The summed E-state index contributed by atoms with van der Waals surface area (Å²) in [5, 5.41) is 5.43. The van der Waals surface area contributed by atoms with Crippen LogP contribution in [0.1, 0.15) is 17.4 Å². The molecule has 2 aromatic rings. The highest BCUT2D eigenvalue weighted by Crippen LogP contribution is 2.16. The minimum Gasteiger partial charge on any atom is -0.467 e. The quantitative estimate of drug-likeness (QED) is 0.404. The van der Waals surface area contributed by atoms with E-state index in [1.165, 1.54) is 21.6 Å². The zero-order valence-corrected chi connectivity index (χ0v) is 18.0. The van der Waals surface area contributed by atoms with Gasteiger partial charge in [-0.3, -0.25) is 9.59 Å². The molecule has 1 aliphatic heterocycles. The lowest BCUT2D eigenvalue weighted by atomic mass is 10.0. The van der Waals surface area contributed by atoms with E-state index >= 15 is 0 Å². The van der Waals surface area contributed by atoms with Crippen LogP contribution in [0.5, 0.6) is 0 Å². The van der Waals surface area contributed by atoms with Crippen molar-refractivity contribution >= 4 is 17.5 Å². The van der Waals surface area contributed by atoms with Crippen molar-refractivity contribution in [1.82, 2.24) is 10.6 Å². The van der Waals surface area contributed by atoms with Crippen LogP contribution in [-0.4, -0.2) is 65.7 Å². The molecule has 0 saturated carbocycles. The number of rotatable bonds is 7. The number of nitrogens with zero attached hydrogens (tertiary/aromatic N) is 1. The van der Waals surface area contributed by atoms with Gasteiger partial charge in [-0.1, -0.05) is 12.1 Å². The fourth-order valence-electron chi connectivity index (χ4n) is 3.78. The molecule has 1 saturated heterocycles. The first-order valence-corrected chi connectivity index (χ1v) is 10.5. The molecule has 1 atom stereocenters. The Morgan fingerprint density at radius 3 is 2.30 bits per heavy atom. The monoisotopic (exact) mass is 415 g/mol. The summed E-state index contributed by atoms with van der Waals surface area (Å²) in [5.41, 5.74) is 2.31. The Morgan fingerprint density at radius 1 is 1.03 bits per heavy atom. The van der Waals surface area contributed by atoms with Crippen molar-refractivity contribution in [3.05, 3.63) is 54.0 Å². The van der Waals surface area contributed by atoms with Crippen molar-refractivity contribution in [2.45, 2.75) is 12.6 Å². The first kappa shape index (κ1) is 21.9. The van der Waals surface area contributed by atoms with E-state index in [9.17, 15) is 9.59 Å². The molecule has 3 rings (SSSR count). The van der Waals surface area contributed by atoms with Gasteiger partial charge in [0.25, 0.3) is 0 Å². The number of quaternary nitrogens is 2. The number of piperazine rings is 1. The van der Waals surface area contributed by atoms with E-state index in [2.05, 4.69) is 46.8 Å². The van der Waals surface area contributed by atoms with Crippen LogP contribution < -0.4 is 25.3 Å². The second kappa shape index (κ2) is 10.3. The molecule has 1 aromatic heterocycles. The first-order chi connectivity index (χ1) is 14.4. The standard InChI is InChI=1S/C22H31N5O3/c1-25(2)18-8-6-17(7-9-18)20(27-12-10-26(3)11-13-27)16-24-22(29)21(28)23-15-19-5-4-14-30-19/h4-9,14,20H,10-13,15-16H2,1-3H3,(H,23,28)(H,24,29)/p+2/t20-/m1/s1. The van der Waals surface area contributed by atoms with Crippen LogP contribution in [0.2, 0.25) is 0 Å². The van der Waals surface area contributed by atoms with Crippen LogP contribution >= 0.6 is 0 Å². The van der Waals surface area contributed by atoms with Crippen molar-refractivity contribution in [1.29, 1.82) is 0 Å². The molecule has 8 heteroatoms. The summed E-state index contributed by atoms with van der Waals surface area (Å²) < 4.78 is 5.18. The number of likely N-dealkylation sites (N-methyl/N-ethyl adjacent to an activating group) is 1. The van der Waals surface area contributed by atoms with Gasteiger partial charge in [-0.05, 0) is 24.3 Å². The summed E-state index contributed by atoms with van der Waals surface area (Å²) in [4.78, 5) is 29.5. The number of benzene rings is 1. The highest BCUT2D eigenvalue weighted by atomic mass is 16.3. The van der Waals surface area contributed by atoms with E-state index < -0.39 is 11.8 Å². The maximum Gasteiger partial charge on any atom is 0.309 e.